The van der Waals surface area contributed by atoms with Crippen LogP contribution in [0.3, 0.4) is 0 Å². The number of esters is 1. The average Bonchev–Trinajstić information content (AvgIpc) is 3.17. The van der Waals surface area contributed by atoms with Crippen LogP contribution in [0.25, 0.3) is 11.1 Å². The van der Waals surface area contributed by atoms with Crippen molar-refractivity contribution >= 4 is 55.7 Å². The summed E-state index contributed by atoms with van der Waals surface area (Å²) in [5, 5.41) is 5.76. The Balaban J connectivity index is 1.85. The zero-order valence-electron chi connectivity index (χ0n) is 19.1. The molecular weight excluding hydrogens is 526 g/mol. The summed E-state index contributed by atoms with van der Waals surface area (Å²) < 4.78 is 11.7. The summed E-state index contributed by atoms with van der Waals surface area (Å²) in [4.78, 5) is 25.5. The van der Waals surface area contributed by atoms with Crippen molar-refractivity contribution in [1.29, 1.82) is 0 Å². The molecule has 33 heavy (non-hydrogen) atoms. The minimum atomic E-state index is -0.475. The summed E-state index contributed by atoms with van der Waals surface area (Å²) in [6.45, 7) is 9.53. The number of hydrogen-bond acceptors (Lipinski definition) is 5. The predicted octanol–water partition coefficient (Wildman–Crippen LogP) is 7.26. The summed E-state index contributed by atoms with van der Waals surface area (Å²) in [5.41, 5.74) is 5.88. The summed E-state index contributed by atoms with van der Waals surface area (Å²) in [7, 11) is 0. The number of anilines is 1. The summed E-state index contributed by atoms with van der Waals surface area (Å²) in [5.74, 6) is -0.333. The first-order chi connectivity index (χ1) is 15.6. The van der Waals surface area contributed by atoms with Crippen molar-refractivity contribution in [3.05, 3.63) is 67.0 Å². The van der Waals surface area contributed by atoms with Crippen LogP contribution in [0, 0.1) is 27.7 Å². The molecular formula is C25H25BrClNO4S. The third kappa shape index (κ3) is 5.60. The van der Waals surface area contributed by atoms with E-state index >= 15 is 0 Å². The zero-order valence-corrected chi connectivity index (χ0v) is 22.3. The SMILES string of the molecule is CCOC(=O)c1c(-c2ccc(C)cc2C)csc1NC(=O)COc1cc(C)c(Cl)c(C)c1Br. The normalized spacial score (nSPS) is 10.8. The third-order valence-electron chi connectivity index (χ3n) is 5.12. The van der Waals surface area contributed by atoms with Crippen molar-refractivity contribution in [2.45, 2.75) is 34.6 Å². The van der Waals surface area contributed by atoms with E-state index in [4.69, 9.17) is 21.1 Å². The fraction of sp³-hybridized carbons (Fsp3) is 0.280. The number of amides is 1. The minimum Gasteiger partial charge on any atom is -0.483 e. The maximum Gasteiger partial charge on any atom is 0.341 e. The van der Waals surface area contributed by atoms with Crippen molar-refractivity contribution in [2.24, 2.45) is 0 Å². The molecule has 0 unspecified atom stereocenters. The van der Waals surface area contributed by atoms with Gasteiger partial charge < -0.3 is 14.8 Å². The number of ether oxygens (including phenoxy) is 2. The van der Waals surface area contributed by atoms with Gasteiger partial charge in [0.15, 0.2) is 6.61 Å². The molecule has 0 spiro atoms. The number of benzene rings is 2. The Morgan fingerprint density at radius 3 is 2.48 bits per heavy atom. The number of halogens is 2. The van der Waals surface area contributed by atoms with Gasteiger partial charge in [0.05, 0.1) is 11.1 Å². The van der Waals surface area contributed by atoms with Gasteiger partial charge in [-0.05, 0) is 78.9 Å². The lowest BCUT2D eigenvalue weighted by molar-refractivity contribution is -0.118. The Kier molecular flexibility index (Phi) is 8.21. The highest BCUT2D eigenvalue weighted by Gasteiger charge is 2.24. The van der Waals surface area contributed by atoms with E-state index in [0.29, 0.717) is 25.8 Å². The van der Waals surface area contributed by atoms with Gasteiger partial charge >= 0.3 is 5.97 Å². The van der Waals surface area contributed by atoms with Gasteiger partial charge in [0.25, 0.3) is 5.91 Å². The molecule has 5 nitrogen and oxygen atoms in total. The molecule has 174 valence electrons. The van der Waals surface area contributed by atoms with Crippen LogP contribution in [0.15, 0.2) is 34.1 Å². The molecule has 1 N–H and O–H groups in total. The van der Waals surface area contributed by atoms with Gasteiger partial charge in [-0.15, -0.1) is 11.3 Å². The van der Waals surface area contributed by atoms with Crippen LogP contribution in [0.4, 0.5) is 5.00 Å². The van der Waals surface area contributed by atoms with Crippen LogP contribution in [0.2, 0.25) is 5.02 Å². The van der Waals surface area contributed by atoms with Crippen LogP contribution in [0.1, 0.15) is 39.5 Å². The molecule has 1 amide bonds. The number of hydrogen-bond donors (Lipinski definition) is 1. The maximum absolute atomic E-state index is 12.8. The first-order valence-electron chi connectivity index (χ1n) is 10.4. The molecule has 0 saturated carbocycles. The number of carbonyl (C=O) groups excluding carboxylic acids is 2. The van der Waals surface area contributed by atoms with Gasteiger partial charge in [0, 0.05) is 16.0 Å². The Morgan fingerprint density at radius 1 is 1.09 bits per heavy atom. The van der Waals surface area contributed by atoms with E-state index in [0.717, 1.165) is 33.4 Å². The van der Waals surface area contributed by atoms with Gasteiger partial charge in [-0.1, -0.05) is 35.4 Å². The maximum atomic E-state index is 12.8. The topological polar surface area (TPSA) is 64.6 Å². The Labute approximate surface area is 211 Å². The van der Waals surface area contributed by atoms with Crippen molar-refractivity contribution < 1.29 is 19.1 Å². The van der Waals surface area contributed by atoms with Crippen molar-refractivity contribution in [1.82, 2.24) is 0 Å². The van der Waals surface area contributed by atoms with Crippen LogP contribution < -0.4 is 10.1 Å². The Bertz CT molecular complexity index is 1220. The van der Waals surface area contributed by atoms with Crippen molar-refractivity contribution in [3.8, 4) is 16.9 Å². The first kappa shape index (κ1) is 25.3. The summed E-state index contributed by atoms with van der Waals surface area (Å²) in [6.07, 6.45) is 0. The predicted molar refractivity (Wildman–Crippen MR) is 138 cm³/mol. The monoisotopic (exact) mass is 549 g/mol. The van der Waals surface area contributed by atoms with E-state index in [2.05, 4.69) is 27.3 Å². The van der Waals surface area contributed by atoms with Gasteiger partial charge in [-0.25, -0.2) is 4.79 Å². The average molecular weight is 551 g/mol. The largest absolute Gasteiger partial charge is 0.483 e. The number of aryl methyl sites for hydroxylation is 3. The van der Waals surface area contributed by atoms with E-state index < -0.39 is 5.97 Å². The molecule has 3 rings (SSSR count). The lowest BCUT2D eigenvalue weighted by atomic mass is 9.97. The molecule has 0 bridgehead atoms. The smallest absolute Gasteiger partial charge is 0.341 e. The third-order valence-corrected chi connectivity index (χ3v) is 7.59. The van der Waals surface area contributed by atoms with E-state index in [1.54, 1.807) is 13.0 Å². The van der Waals surface area contributed by atoms with Crippen LogP contribution in [-0.4, -0.2) is 25.1 Å². The van der Waals surface area contributed by atoms with Crippen molar-refractivity contribution in [2.75, 3.05) is 18.5 Å². The highest BCUT2D eigenvalue weighted by atomic mass is 79.9. The molecule has 3 aromatic rings. The fourth-order valence-electron chi connectivity index (χ4n) is 3.48. The summed E-state index contributed by atoms with van der Waals surface area (Å²) >= 11 is 11.0. The standard InChI is InChI=1S/C25H25BrClNO4S/c1-6-31-25(30)21-18(17-8-7-13(2)9-14(17)3)12-33-24(21)28-20(29)11-32-19-10-15(4)23(27)16(5)22(19)26/h7-10,12H,6,11H2,1-5H3,(H,28,29). The molecule has 0 fully saturated rings. The molecule has 0 aliphatic carbocycles. The number of carbonyl (C=O) groups is 2. The molecule has 0 aliphatic rings. The molecule has 0 aliphatic heterocycles. The van der Waals surface area contributed by atoms with Crippen molar-refractivity contribution in [3.63, 3.8) is 0 Å². The van der Waals surface area contributed by atoms with E-state index in [1.165, 1.54) is 11.3 Å². The first-order valence-corrected chi connectivity index (χ1v) is 12.4. The number of nitrogens with one attached hydrogen (secondary N) is 1. The van der Waals surface area contributed by atoms with Crippen LogP contribution >= 0.6 is 38.9 Å². The molecule has 0 saturated heterocycles. The minimum absolute atomic E-state index is 0.224. The fourth-order valence-corrected chi connectivity index (χ4v) is 5.14. The Hall–Kier alpha value is -2.35. The molecule has 2 aromatic carbocycles. The van der Waals surface area contributed by atoms with Gasteiger partial charge in [0.2, 0.25) is 0 Å². The van der Waals surface area contributed by atoms with E-state index in [9.17, 15) is 9.59 Å². The lowest BCUT2D eigenvalue weighted by Crippen LogP contribution is -2.21. The molecule has 1 heterocycles. The number of rotatable bonds is 7. The number of thiophene rings is 1. The second-order valence-corrected chi connectivity index (χ2v) is 9.72. The van der Waals surface area contributed by atoms with E-state index in [-0.39, 0.29) is 19.1 Å². The van der Waals surface area contributed by atoms with Gasteiger partial charge in [-0.2, -0.15) is 0 Å². The molecule has 0 radical (unpaired) electrons. The molecule has 8 heteroatoms. The zero-order chi connectivity index (χ0) is 24.3. The second kappa shape index (κ2) is 10.7. The van der Waals surface area contributed by atoms with Gasteiger partial charge in [-0.3, -0.25) is 4.79 Å². The molecule has 1 aromatic heterocycles. The van der Waals surface area contributed by atoms with Crippen LogP contribution in [-0.2, 0) is 9.53 Å². The summed E-state index contributed by atoms with van der Waals surface area (Å²) in [6, 6.07) is 7.81. The highest BCUT2D eigenvalue weighted by molar-refractivity contribution is 9.10. The quantitative estimate of drug-likeness (QED) is 0.315. The Morgan fingerprint density at radius 2 is 1.82 bits per heavy atom. The van der Waals surface area contributed by atoms with E-state index in [1.807, 2.05) is 45.2 Å². The molecule has 0 atom stereocenters. The highest BCUT2D eigenvalue weighted by Crippen LogP contribution is 2.38. The van der Waals surface area contributed by atoms with Gasteiger partial charge in [0.1, 0.15) is 16.3 Å². The van der Waals surface area contributed by atoms with Crippen LogP contribution in [0.5, 0.6) is 5.75 Å². The lowest BCUT2D eigenvalue weighted by Gasteiger charge is -2.13. The second-order valence-electron chi connectivity index (χ2n) is 7.67.